The zero-order chi connectivity index (χ0) is 14.3. The molecule has 1 rings (SSSR count). The Morgan fingerprint density at radius 2 is 1.89 bits per heavy atom. The van der Waals surface area contributed by atoms with Gasteiger partial charge in [-0.25, -0.2) is 4.79 Å². The van der Waals surface area contributed by atoms with Crippen molar-refractivity contribution in [3.63, 3.8) is 0 Å². The first kappa shape index (κ1) is 15.5. The lowest BCUT2D eigenvalue weighted by Crippen LogP contribution is -2.24. The Kier molecular flexibility index (Phi) is 6.36. The summed E-state index contributed by atoms with van der Waals surface area (Å²) in [5.74, 6) is -0.531. The Labute approximate surface area is 114 Å². The highest BCUT2D eigenvalue weighted by Gasteiger charge is 2.19. The van der Waals surface area contributed by atoms with Crippen molar-refractivity contribution in [3.8, 4) is 0 Å². The van der Waals surface area contributed by atoms with Gasteiger partial charge in [0.15, 0.2) is 6.10 Å². The fraction of sp³-hybridized carbons (Fsp3) is 0.533. The summed E-state index contributed by atoms with van der Waals surface area (Å²) in [6.07, 6.45) is 1.61. The normalized spacial score (nSPS) is 14.0. The molecule has 1 aromatic rings. The van der Waals surface area contributed by atoms with Gasteiger partial charge in [0.1, 0.15) is 0 Å². The fourth-order valence-electron chi connectivity index (χ4n) is 2.21. The van der Waals surface area contributed by atoms with Crippen LogP contribution in [-0.4, -0.2) is 23.8 Å². The Morgan fingerprint density at radius 3 is 2.37 bits per heavy atom. The average molecular weight is 265 g/mol. The van der Waals surface area contributed by atoms with Gasteiger partial charge < -0.3 is 15.6 Å². The van der Waals surface area contributed by atoms with Crippen LogP contribution in [0.5, 0.6) is 0 Å². The predicted molar refractivity (Wildman–Crippen MR) is 76.2 cm³/mol. The van der Waals surface area contributed by atoms with E-state index < -0.39 is 12.1 Å². The van der Waals surface area contributed by atoms with E-state index in [1.54, 1.807) is 0 Å². The lowest BCUT2D eigenvalue weighted by Gasteiger charge is -2.18. The molecule has 0 saturated carbocycles. The molecule has 0 amide bonds. The van der Waals surface area contributed by atoms with Crippen LogP contribution in [0.3, 0.4) is 0 Å². The maximum Gasteiger partial charge on any atom is 0.332 e. The van der Waals surface area contributed by atoms with E-state index in [2.05, 4.69) is 6.92 Å². The van der Waals surface area contributed by atoms with Crippen LogP contribution in [0, 0.1) is 0 Å². The SMILES string of the molecule is CCOC(CCC(CC)c1ccc(N)cc1)C(=O)O. The summed E-state index contributed by atoms with van der Waals surface area (Å²) >= 11 is 0. The highest BCUT2D eigenvalue weighted by molar-refractivity contribution is 5.72. The number of nitrogen functional groups attached to an aromatic ring is 1. The molecule has 0 aliphatic rings. The van der Waals surface area contributed by atoms with E-state index in [0.717, 1.165) is 18.5 Å². The maximum atomic E-state index is 11.0. The molecule has 4 heteroatoms. The van der Waals surface area contributed by atoms with Gasteiger partial charge in [-0.2, -0.15) is 0 Å². The van der Waals surface area contributed by atoms with Gasteiger partial charge in [-0.3, -0.25) is 0 Å². The first-order valence-corrected chi connectivity index (χ1v) is 6.78. The number of carboxylic acid groups (broad SMARTS) is 1. The smallest absolute Gasteiger partial charge is 0.332 e. The number of ether oxygens (including phenoxy) is 1. The van der Waals surface area contributed by atoms with E-state index in [1.165, 1.54) is 5.56 Å². The number of rotatable bonds is 8. The fourth-order valence-corrected chi connectivity index (χ4v) is 2.21. The van der Waals surface area contributed by atoms with Crippen LogP contribution >= 0.6 is 0 Å². The second-order valence-corrected chi connectivity index (χ2v) is 4.63. The molecule has 0 aliphatic carbocycles. The number of carboxylic acids is 1. The van der Waals surface area contributed by atoms with Gasteiger partial charge in [-0.1, -0.05) is 19.1 Å². The average Bonchev–Trinajstić information content (AvgIpc) is 2.39. The van der Waals surface area contributed by atoms with E-state index >= 15 is 0 Å². The molecule has 106 valence electrons. The van der Waals surface area contributed by atoms with Gasteiger partial charge in [0.2, 0.25) is 0 Å². The molecule has 0 fully saturated rings. The molecular weight excluding hydrogens is 242 g/mol. The van der Waals surface area contributed by atoms with E-state index in [9.17, 15) is 4.79 Å². The summed E-state index contributed by atoms with van der Waals surface area (Å²) in [7, 11) is 0. The molecule has 19 heavy (non-hydrogen) atoms. The zero-order valence-electron chi connectivity index (χ0n) is 11.6. The number of carbonyl (C=O) groups is 1. The van der Waals surface area contributed by atoms with Gasteiger partial charge in [-0.15, -0.1) is 0 Å². The third kappa shape index (κ3) is 4.91. The van der Waals surface area contributed by atoms with Gasteiger partial charge in [0.05, 0.1) is 0 Å². The molecule has 4 nitrogen and oxygen atoms in total. The summed E-state index contributed by atoms with van der Waals surface area (Å²) in [6, 6.07) is 7.80. The number of anilines is 1. The van der Waals surface area contributed by atoms with Gasteiger partial charge in [0.25, 0.3) is 0 Å². The molecule has 0 spiro atoms. The van der Waals surface area contributed by atoms with Gasteiger partial charge in [-0.05, 0) is 49.8 Å². The van der Waals surface area contributed by atoms with Crippen LogP contribution in [-0.2, 0) is 9.53 Å². The zero-order valence-corrected chi connectivity index (χ0v) is 11.6. The van der Waals surface area contributed by atoms with E-state index in [0.29, 0.717) is 18.9 Å². The molecule has 0 heterocycles. The number of hydrogen-bond acceptors (Lipinski definition) is 3. The quantitative estimate of drug-likeness (QED) is 0.709. The van der Waals surface area contributed by atoms with Crippen LogP contribution in [0.1, 0.15) is 44.6 Å². The number of benzene rings is 1. The molecule has 0 saturated heterocycles. The third-order valence-corrected chi connectivity index (χ3v) is 3.32. The van der Waals surface area contributed by atoms with Crippen LogP contribution < -0.4 is 5.73 Å². The summed E-state index contributed by atoms with van der Waals surface area (Å²) in [5.41, 5.74) is 7.62. The Balaban J connectivity index is 2.61. The number of nitrogens with two attached hydrogens (primary N) is 1. The molecule has 2 unspecified atom stereocenters. The van der Waals surface area contributed by atoms with Gasteiger partial charge >= 0.3 is 5.97 Å². The Morgan fingerprint density at radius 1 is 1.26 bits per heavy atom. The molecule has 1 aromatic carbocycles. The topological polar surface area (TPSA) is 72.5 Å². The summed E-state index contributed by atoms with van der Waals surface area (Å²) < 4.78 is 5.23. The highest BCUT2D eigenvalue weighted by Crippen LogP contribution is 2.26. The number of hydrogen-bond donors (Lipinski definition) is 2. The Hall–Kier alpha value is -1.55. The van der Waals surface area contributed by atoms with Crippen molar-refractivity contribution in [3.05, 3.63) is 29.8 Å². The monoisotopic (exact) mass is 265 g/mol. The minimum absolute atomic E-state index is 0.350. The van der Waals surface area contributed by atoms with Crippen molar-refractivity contribution in [2.45, 2.75) is 45.1 Å². The second kappa shape index (κ2) is 7.79. The minimum Gasteiger partial charge on any atom is -0.479 e. The summed E-state index contributed by atoms with van der Waals surface area (Å²) in [4.78, 5) is 11.0. The van der Waals surface area contributed by atoms with Crippen LogP contribution in [0.4, 0.5) is 5.69 Å². The summed E-state index contributed by atoms with van der Waals surface area (Å²) in [5, 5.41) is 9.06. The summed E-state index contributed by atoms with van der Waals surface area (Å²) in [6.45, 7) is 4.35. The lowest BCUT2D eigenvalue weighted by atomic mass is 9.90. The molecule has 2 atom stereocenters. The molecular formula is C15H23NO3. The largest absolute Gasteiger partial charge is 0.479 e. The third-order valence-electron chi connectivity index (χ3n) is 3.32. The van der Waals surface area contributed by atoms with Crippen LogP contribution in [0.2, 0.25) is 0 Å². The standard InChI is InChI=1S/C15H23NO3/c1-3-11(12-5-8-13(16)9-6-12)7-10-14(15(17)18)19-4-2/h5-6,8-9,11,14H,3-4,7,10,16H2,1-2H3,(H,17,18). The van der Waals surface area contributed by atoms with Crippen molar-refractivity contribution in [2.24, 2.45) is 0 Å². The van der Waals surface area contributed by atoms with Crippen LogP contribution in [0.15, 0.2) is 24.3 Å². The maximum absolute atomic E-state index is 11.0. The van der Waals surface area contributed by atoms with E-state index in [1.807, 2.05) is 31.2 Å². The minimum atomic E-state index is -0.881. The number of aliphatic carboxylic acids is 1. The van der Waals surface area contributed by atoms with Crippen molar-refractivity contribution < 1.29 is 14.6 Å². The van der Waals surface area contributed by atoms with Gasteiger partial charge in [0, 0.05) is 12.3 Å². The predicted octanol–water partition coefficient (Wildman–Crippen LogP) is 3.03. The lowest BCUT2D eigenvalue weighted by molar-refractivity contribution is -0.150. The molecule has 0 radical (unpaired) electrons. The Bertz CT molecular complexity index is 389. The van der Waals surface area contributed by atoms with Crippen molar-refractivity contribution in [2.75, 3.05) is 12.3 Å². The highest BCUT2D eigenvalue weighted by atomic mass is 16.5. The van der Waals surface area contributed by atoms with Crippen molar-refractivity contribution in [1.29, 1.82) is 0 Å². The molecule has 0 bridgehead atoms. The molecule has 3 N–H and O–H groups in total. The van der Waals surface area contributed by atoms with Crippen LogP contribution in [0.25, 0.3) is 0 Å². The first-order chi connectivity index (χ1) is 9.08. The van der Waals surface area contributed by atoms with Crippen molar-refractivity contribution >= 4 is 11.7 Å². The van der Waals surface area contributed by atoms with E-state index in [4.69, 9.17) is 15.6 Å². The molecule has 0 aliphatic heterocycles. The first-order valence-electron chi connectivity index (χ1n) is 6.78. The molecule has 0 aromatic heterocycles. The second-order valence-electron chi connectivity index (χ2n) is 4.63. The van der Waals surface area contributed by atoms with E-state index in [-0.39, 0.29) is 0 Å². The van der Waals surface area contributed by atoms with Crippen molar-refractivity contribution in [1.82, 2.24) is 0 Å².